The summed E-state index contributed by atoms with van der Waals surface area (Å²) in [4.78, 5) is 4.24. The number of nitrogens with zero attached hydrogens (tertiary/aromatic N) is 2. The standard InChI is InChI=1S/C15H13BrFN3/c1-8-6-14-12(7-11(8)17)19-15(18)20(14)13-4-3-10(16)5-9(13)2/h3-7H,1-2H3,(H2,18,19). The van der Waals surface area contributed by atoms with Gasteiger partial charge >= 0.3 is 0 Å². The van der Waals surface area contributed by atoms with Crippen LogP contribution in [0.4, 0.5) is 10.3 Å². The van der Waals surface area contributed by atoms with E-state index in [4.69, 9.17) is 5.73 Å². The van der Waals surface area contributed by atoms with E-state index in [-0.39, 0.29) is 5.82 Å². The average Bonchev–Trinajstić information content (AvgIpc) is 2.66. The zero-order valence-electron chi connectivity index (χ0n) is 11.1. The molecule has 3 aromatic rings. The Morgan fingerprint density at radius 3 is 2.60 bits per heavy atom. The van der Waals surface area contributed by atoms with E-state index >= 15 is 0 Å². The lowest BCUT2D eigenvalue weighted by molar-refractivity contribution is 0.620. The van der Waals surface area contributed by atoms with Crippen LogP contribution < -0.4 is 5.73 Å². The Balaban J connectivity index is 2.35. The predicted molar refractivity (Wildman–Crippen MR) is 82.6 cm³/mol. The van der Waals surface area contributed by atoms with Crippen molar-refractivity contribution in [3.8, 4) is 5.69 Å². The van der Waals surface area contributed by atoms with E-state index in [0.29, 0.717) is 17.0 Å². The first-order valence-electron chi connectivity index (χ1n) is 6.18. The summed E-state index contributed by atoms with van der Waals surface area (Å²) in [6.07, 6.45) is 0. The van der Waals surface area contributed by atoms with Crippen molar-refractivity contribution >= 4 is 32.9 Å². The minimum atomic E-state index is -0.269. The second-order valence-corrected chi connectivity index (χ2v) is 5.74. The molecule has 0 bridgehead atoms. The van der Waals surface area contributed by atoms with Gasteiger partial charge in [0.15, 0.2) is 0 Å². The highest BCUT2D eigenvalue weighted by molar-refractivity contribution is 9.10. The Morgan fingerprint density at radius 2 is 1.90 bits per heavy atom. The number of anilines is 1. The fourth-order valence-electron chi connectivity index (χ4n) is 2.34. The van der Waals surface area contributed by atoms with Crippen molar-refractivity contribution in [2.24, 2.45) is 0 Å². The first kappa shape index (κ1) is 13.1. The van der Waals surface area contributed by atoms with Crippen LogP contribution in [-0.2, 0) is 0 Å². The first-order valence-corrected chi connectivity index (χ1v) is 6.97. The van der Waals surface area contributed by atoms with Crippen molar-refractivity contribution in [3.05, 3.63) is 51.7 Å². The molecule has 0 amide bonds. The summed E-state index contributed by atoms with van der Waals surface area (Å²) in [5.41, 5.74) is 9.97. The lowest BCUT2D eigenvalue weighted by Gasteiger charge is -2.10. The first-order chi connectivity index (χ1) is 9.47. The van der Waals surface area contributed by atoms with Crippen LogP contribution >= 0.6 is 15.9 Å². The maximum Gasteiger partial charge on any atom is 0.205 e. The van der Waals surface area contributed by atoms with Crippen LogP contribution in [0.2, 0.25) is 0 Å². The van der Waals surface area contributed by atoms with Crippen molar-refractivity contribution in [1.82, 2.24) is 9.55 Å². The molecule has 3 rings (SSSR count). The minimum absolute atomic E-state index is 0.269. The summed E-state index contributed by atoms with van der Waals surface area (Å²) in [6.45, 7) is 3.73. The largest absolute Gasteiger partial charge is 0.369 e. The van der Waals surface area contributed by atoms with Gasteiger partial charge in [0.25, 0.3) is 0 Å². The van der Waals surface area contributed by atoms with Gasteiger partial charge in [-0.05, 0) is 49.2 Å². The fourth-order valence-corrected chi connectivity index (χ4v) is 2.82. The Labute approximate surface area is 124 Å². The SMILES string of the molecule is Cc1cc2c(cc1F)nc(N)n2-c1ccc(Br)cc1C. The van der Waals surface area contributed by atoms with Gasteiger partial charge in [-0.1, -0.05) is 15.9 Å². The van der Waals surface area contributed by atoms with Gasteiger partial charge < -0.3 is 5.73 Å². The highest BCUT2D eigenvalue weighted by Crippen LogP contribution is 2.28. The van der Waals surface area contributed by atoms with Gasteiger partial charge in [-0.2, -0.15) is 0 Å². The molecular weight excluding hydrogens is 321 g/mol. The molecule has 0 aliphatic heterocycles. The van der Waals surface area contributed by atoms with E-state index in [9.17, 15) is 4.39 Å². The van der Waals surface area contributed by atoms with Crippen LogP contribution in [0.3, 0.4) is 0 Å². The predicted octanol–water partition coefficient (Wildman–Crippen LogP) is 4.13. The van der Waals surface area contributed by atoms with Crippen molar-refractivity contribution in [3.63, 3.8) is 0 Å². The van der Waals surface area contributed by atoms with Crippen LogP contribution in [0, 0.1) is 19.7 Å². The topological polar surface area (TPSA) is 43.8 Å². The van der Waals surface area contributed by atoms with E-state index < -0.39 is 0 Å². The molecule has 1 heterocycles. The number of halogens is 2. The monoisotopic (exact) mass is 333 g/mol. The Bertz CT molecular complexity index is 824. The van der Waals surface area contributed by atoms with Crippen molar-refractivity contribution in [1.29, 1.82) is 0 Å². The van der Waals surface area contributed by atoms with Gasteiger partial charge in [-0.15, -0.1) is 0 Å². The van der Waals surface area contributed by atoms with Crippen molar-refractivity contribution in [2.75, 3.05) is 5.73 Å². The Kier molecular flexibility index (Phi) is 3.01. The number of aromatic nitrogens is 2. The third kappa shape index (κ3) is 1.98. The summed E-state index contributed by atoms with van der Waals surface area (Å²) < 4.78 is 16.5. The lowest BCUT2D eigenvalue weighted by atomic mass is 10.1. The van der Waals surface area contributed by atoms with Crippen LogP contribution in [0.1, 0.15) is 11.1 Å². The van der Waals surface area contributed by atoms with Crippen molar-refractivity contribution < 1.29 is 4.39 Å². The van der Waals surface area contributed by atoms with E-state index in [0.717, 1.165) is 21.2 Å². The summed E-state index contributed by atoms with van der Waals surface area (Å²) in [5, 5.41) is 0. The minimum Gasteiger partial charge on any atom is -0.369 e. The third-order valence-corrected chi connectivity index (χ3v) is 3.85. The second kappa shape index (κ2) is 4.59. The number of hydrogen-bond acceptors (Lipinski definition) is 2. The number of aryl methyl sites for hydroxylation is 2. The summed E-state index contributed by atoms with van der Waals surface area (Å²) >= 11 is 3.44. The molecule has 2 aromatic carbocycles. The highest BCUT2D eigenvalue weighted by Gasteiger charge is 2.14. The van der Waals surface area contributed by atoms with Crippen molar-refractivity contribution in [2.45, 2.75) is 13.8 Å². The van der Waals surface area contributed by atoms with E-state index in [2.05, 4.69) is 20.9 Å². The molecule has 0 fully saturated rings. The quantitative estimate of drug-likeness (QED) is 0.727. The Hall–Kier alpha value is -1.88. The molecule has 0 saturated carbocycles. The van der Waals surface area contributed by atoms with E-state index in [1.165, 1.54) is 6.07 Å². The third-order valence-electron chi connectivity index (χ3n) is 3.36. The number of rotatable bonds is 1. The summed E-state index contributed by atoms with van der Waals surface area (Å²) in [5.74, 6) is 0.0881. The van der Waals surface area contributed by atoms with Gasteiger partial charge in [0, 0.05) is 10.5 Å². The molecule has 0 spiro atoms. The number of benzene rings is 2. The van der Waals surface area contributed by atoms with Crippen LogP contribution in [0.5, 0.6) is 0 Å². The molecule has 102 valence electrons. The average molecular weight is 334 g/mol. The molecule has 0 unspecified atom stereocenters. The maximum absolute atomic E-state index is 13.6. The number of hydrogen-bond donors (Lipinski definition) is 1. The summed E-state index contributed by atoms with van der Waals surface area (Å²) in [7, 11) is 0. The highest BCUT2D eigenvalue weighted by atomic mass is 79.9. The number of imidazole rings is 1. The molecule has 0 saturated heterocycles. The zero-order valence-corrected chi connectivity index (χ0v) is 12.7. The lowest BCUT2D eigenvalue weighted by Crippen LogP contribution is -2.02. The van der Waals surface area contributed by atoms with Crippen LogP contribution in [0.15, 0.2) is 34.8 Å². The van der Waals surface area contributed by atoms with Gasteiger partial charge in [-0.25, -0.2) is 9.37 Å². The molecular formula is C15H13BrFN3. The molecule has 20 heavy (non-hydrogen) atoms. The molecule has 1 aromatic heterocycles. The smallest absolute Gasteiger partial charge is 0.205 e. The zero-order chi connectivity index (χ0) is 14.4. The maximum atomic E-state index is 13.6. The number of nitrogens with two attached hydrogens (primary N) is 1. The van der Waals surface area contributed by atoms with Gasteiger partial charge in [-0.3, -0.25) is 4.57 Å². The summed E-state index contributed by atoms with van der Waals surface area (Å²) in [6, 6.07) is 9.12. The molecule has 0 aliphatic carbocycles. The molecule has 5 heteroatoms. The van der Waals surface area contributed by atoms with Crippen LogP contribution in [0.25, 0.3) is 16.7 Å². The Morgan fingerprint density at radius 1 is 1.15 bits per heavy atom. The van der Waals surface area contributed by atoms with E-state index in [1.54, 1.807) is 13.0 Å². The van der Waals surface area contributed by atoms with Gasteiger partial charge in [0.2, 0.25) is 5.95 Å². The fraction of sp³-hybridized carbons (Fsp3) is 0.133. The van der Waals surface area contributed by atoms with Gasteiger partial charge in [0.1, 0.15) is 5.82 Å². The number of fused-ring (bicyclic) bond motifs is 1. The molecule has 0 radical (unpaired) electrons. The molecule has 2 N–H and O–H groups in total. The second-order valence-electron chi connectivity index (χ2n) is 4.83. The van der Waals surface area contributed by atoms with Gasteiger partial charge in [0.05, 0.1) is 16.7 Å². The van der Waals surface area contributed by atoms with Crippen LogP contribution in [-0.4, -0.2) is 9.55 Å². The molecule has 0 atom stereocenters. The molecule has 0 aliphatic rings. The normalized spacial score (nSPS) is 11.2. The molecule has 3 nitrogen and oxygen atoms in total. The number of nitrogen functional groups attached to an aromatic ring is 1. The van der Waals surface area contributed by atoms with E-state index in [1.807, 2.05) is 29.7 Å².